The fourth-order valence-corrected chi connectivity index (χ4v) is 5.06. The van der Waals surface area contributed by atoms with E-state index < -0.39 is 42.2 Å². The van der Waals surface area contributed by atoms with Crippen molar-refractivity contribution in [3.63, 3.8) is 0 Å². The zero-order chi connectivity index (χ0) is 35.8. The monoisotopic (exact) mass is 681 g/mol. The second-order valence-electron chi connectivity index (χ2n) is 10.9. The van der Waals surface area contributed by atoms with Gasteiger partial charge in [0.15, 0.2) is 12.4 Å². The Bertz CT molecular complexity index is 1560. The summed E-state index contributed by atoms with van der Waals surface area (Å²) >= 11 is 0. The number of nitrogens with zero attached hydrogens (tertiary/aromatic N) is 1. The molecule has 0 fully saturated rings. The molecule has 264 valence electrons. The van der Waals surface area contributed by atoms with Crippen LogP contribution in [0.15, 0.2) is 59.0 Å². The van der Waals surface area contributed by atoms with Crippen molar-refractivity contribution < 1.29 is 52.5 Å². The largest absolute Gasteiger partial charge is 0.506 e. The Hall–Kier alpha value is -5.37. The van der Waals surface area contributed by atoms with Crippen molar-refractivity contribution >= 4 is 30.2 Å². The predicted molar refractivity (Wildman–Crippen MR) is 176 cm³/mol. The van der Waals surface area contributed by atoms with Crippen molar-refractivity contribution in [2.45, 2.75) is 58.6 Å². The van der Waals surface area contributed by atoms with Gasteiger partial charge in [0.25, 0.3) is 5.91 Å². The quantitative estimate of drug-likeness (QED) is 0.0507. The standard InChI is InChI=1S/C35H43N3O11/c1-5-7-9-14-25(28(6-2)38(22-39)48-19-23-12-10-8-11-13-23)33(42)36-21-37-34(43)30-16-15-29(49-30)26-17-24(47-20-31(40)45-3)18-27(32(26)41)35(44)46-4/h8,10-13,15-18,22,25,28,41H,5-7,9,14,19-21H2,1-4H3,(H,36,42)(H,37,43). The minimum Gasteiger partial charge on any atom is -0.506 e. The molecular formula is C35H43N3O11. The second-order valence-corrected chi connectivity index (χ2v) is 10.9. The fraction of sp³-hybridized carbons (Fsp3) is 0.400. The van der Waals surface area contributed by atoms with Crippen molar-refractivity contribution in [1.82, 2.24) is 15.7 Å². The molecule has 3 N–H and O–H groups in total. The van der Waals surface area contributed by atoms with Gasteiger partial charge >= 0.3 is 11.9 Å². The number of hydroxylamine groups is 2. The van der Waals surface area contributed by atoms with E-state index in [4.69, 9.17) is 18.7 Å². The highest BCUT2D eigenvalue weighted by molar-refractivity contribution is 5.96. The first-order valence-electron chi connectivity index (χ1n) is 15.9. The van der Waals surface area contributed by atoms with Crippen molar-refractivity contribution in [3.05, 3.63) is 71.5 Å². The summed E-state index contributed by atoms with van der Waals surface area (Å²) in [6.45, 7) is 3.38. The lowest BCUT2D eigenvalue weighted by molar-refractivity contribution is -0.200. The molecule has 1 aromatic heterocycles. The number of methoxy groups -OCH3 is 2. The van der Waals surface area contributed by atoms with Crippen molar-refractivity contribution in [3.8, 4) is 22.8 Å². The highest BCUT2D eigenvalue weighted by Crippen LogP contribution is 2.37. The highest BCUT2D eigenvalue weighted by atomic mass is 16.7. The van der Waals surface area contributed by atoms with Gasteiger partial charge in [0.1, 0.15) is 29.4 Å². The maximum absolute atomic E-state index is 13.4. The third-order valence-corrected chi connectivity index (χ3v) is 7.67. The number of furan rings is 1. The number of rotatable bonds is 20. The molecule has 3 aromatic rings. The lowest BCUT2D eigenvalue weighted by Gasteiger charge is -2.32. The van der Waals surface area contributed by atoms with Gasteiger partial charge in [-0.3, -0.25) is 19.2 Å². The van der Waals surface area contributed by atoms with E-state index in [9.17, 15) is 29.1 Å². The molecule has 14 heteroatoms. The Morgan fingerprint density at radius 2 is 1.73 bits per heavy atom. The average Bonchev–Trinajstić information content (AvgIpc) is 3.62. The molecule has 2 aromatic carbocycles. The van der Waals surface area contributed by atoms with Crippen molar-refractivity contribution in [2.75, 3.05) is 27.5 Å². The predicted octanol–water partition coefficient (Wildman–Crippen LogP) is 4.36. The van der Waals surface area contributed by atoms with Crippen LogP contribution >= 0.6 is 0 Å². The van der Waals surface area contributed by atoms with Crippen LogP contribution in [0.4, 0.5) is 0 Å². The van der Waals surface area contributed by atoms with Crippen LogP contribution in [-0.4, -0.2) is 73.9 Å². The maximum Gasteiger partial charge on any atom is 0.343 e. The summed E-state index contributed by atoms with van der Waals surface area (Å²) in [7, 11) is 2.32. The van der Waals surface area contributed by atoms with Crippen LogP contribution in [0, 0.1) is 5.92 Å². The van der Waals surface area contributed by atoms with Crippen LogP contribution in [0.1, 0.15) is 72.4 Å². The lowest BCUT2D eigenvalue weighted by Crippen LogP contribution is -2.48. The van der Waals surface area contributed by atoms with Gasteiger partial charge in [-0.25, -0.2) is 14.7 Å². The van der Waals surface area contributed by atoms with Gasteiger partial charge in [-0.05, 0) is 42.7 Å². The first-order chi connectivity index (χ1) is 23.7. The number of aromatic hydroxyl groups is 1. The molecule has 0 aliphatic rings. The Morgan fingerprint density at radius 3 is 2.39 bits per heavy atom. The molecule has 0 aliphatic heterocycles. The number of carbonyl (C=O) groups is 5. The van der Waals surface area contributed by atoms with E-state index in [2.05, 4.69) is 22.3 Å². The summed E-state index contributed by atoms with van der Waals surface area (Å²) in [6, 6.07) is 14.1. The Labute approximate surface area is 284 Å². The zero-order valence-corrected chi connectivity index (χ0v) is 28.1. The number of phenols is 1. The van der Waals surface area contributed by atoms with Crippen molar-refractivity contribution in [2.24, 2.45) is 5.92 Å². The number of benzene rings is 2. The molecule has 0 aliphatic carbocycles. The molecule has 14 nitrogen and oxygen atoms in total. The number of ether oxygens (including phenoxy) is 3. The third kappa shape index (κ3) is 10.8. The number of phenolic OH excluding ortho intramolecular Hbond substituents is 1. The fourth-order valence-electron chi connectivity index (χ4n) is 5.06. The summed E-state index contributed by atoms with van der Waals surface area (Å²) < 4.78 is 20.4. The van der Waals surface area contributed by atoms with Crippen LogP contribution in [0.3, 0.4) is 0 Å². The van der Waals surface area contributed by atoms with E-state index >= 15 is 0 Å². The van der Waals surface area contributed by atoms with E-state index in [-0.39, 0.29) is 47.6 Å². The van der Waals surface area contributed by atoms with Gasteiger partial charge in [-0.2, -0.15) is 0 Å². The van der Waals surface area contributed by atoms with Crippen LogP contribution in [0.25, 0.3) is 11.3 Å². The van der Waals surface area contributed by atoms with E-state index in [0.29, 0.717) is 19.3 Å². The molecule has 2 atom stereocenters. The summed E-state index contributed by atoms with van der Waals surface area (Å²) in [5.74, 6) is -3.81. The third-order valence-electron chi connectivity index (χ3n) is 7.67. The SMILES string of the molecule is CCCCCC(C(=O)NCNC(=O)c1ccc(-c2cc(OCC(=O)OC)cc(C(=O)OC)c2O)o1)C(CC)N(C=O)OCc1ccccc1. The summed E-state index contributed by atoms with van der Waals surface area (Å²) in [5, 5.41) is 17.3. The van der Waals surface area contributed by atoms with E-state index in [1.54, 1.807) is 0 Å². The normalized spacial score (nSPS) is 11.9. The first kappa shape index (κ1) is 38.1. The number of unbranched alkanes of at least 4 members (excludes halogenated alkanes) is 2. The van der Waals surface area contributed by atoms with Crippen LogP contribution in [-0.2, 0) is 35.3 Å². The molecule has 0 saturated heterocycles. The number of hydrogen-bond donors (Lipinski definition) is 3. The molecule has 2 unspecified atom stereocenters. The molecule has 0 bridgehead atoms. The average molecular weight is 682 g/mol. The summed E-state index contributed by atoms with van der Waals surface area (Å²) in [4.78, 5) is 68.1. The number of carbonyl (C=O) groups excluding carboxylic acids is 5. The Kier molecular flexibility index (Phi) is 15.1. The van der Waals surface area contributed by atoms with Gasteiger partial charge in [-0.1, -0.05) is 63.4 Å². The zero-order valence-electron chi connectivity index (χ0n) is 28.1. The van der Waals surface area contributed by atoms with Crippen LogP contribution in [0.5, 0.6) is 11.5 Å². The van der Waals surface area contributed by atoms with E-state index in [1.165, 1.54) is 36.4 Å². The minimum atomic E-state index is -0.875. The summed E-state index contributed by atoms with van der Waals surface area (Å²) in [5.41, 5.74) is 0.603. The van der Waals surface area contributed by atoms with Gasteiger partial charge < -0.3 is 34.4 Å². The van der Waals surface area contributed by atoms with E-state index in [0.717, 1.165) is 31.9 Å². The lowest BCUT2D eigenvalue weighted by atomic mass is 9.90. The van der Waals surface area contributed by atoms with Crippen LogP contribution < -0.4 is 15.4 Å². The molecule has 49 heavy (non-hydrogen) atoms. The second kappa shape index (κ2) is 19.5. The van der Waals surface area contributed by atoms with Gasteiger partial charge in [0.05, 0.1) is 38.4 Å². The van der Waals surface area contributed by atoms with Crippen LogP contribution in [0.2, 0.25) is 0 Å². The molecule has 0 saturated carbocycles. The highest BCUT2D eigenvalue weighted by Gasteiger charge is 2.32. The molecule has 0 spiro atoms. The topological polar surface area (TPSA) is 183 Å². The smallest absolute Gasteiger partial charge is 0.343 e. The van der Waals surface area contributed by atoms with E-state index in [1.807, 2.05) is 37.3 Å². The molecule has 3 amide bonds. The number of hydrogen-bond acceptors (Lipinski definition) is 11. The Balaban J connectivity index is 1.70. The number of esters is 2. The first-order valence-corrected chi connectivity index (χ1v) is 15.9. The van der Waals surface area contributed by atoms with Gasteiger partial charge in [0, 0.05) is 0 Å². The molecule has 3 rings (SSSR count). The molecular weight excluding hydrogens is 638 g/mol. The molecule has 1 heterocycles. The Morgan fingerprint density at radius 1 is 0.980 bits per heavy atom. The maximum atomic E-state index is 13.4. The van der Waals surface area contributed by atoms with Gasteiger partial charge in [0.2, 0.25) is 12.3 Å². The van der Waals surface area contributed by atoms with Gasteiger partial charge in [-0.15, -0.1) is 0 Å². The summed E-state index contributed by atoms with van der Waals surface area (Å²) in [6.07, 6.45) is 4.16. The van der Waals surface area contributed by atoms with Crippen molar-refractivity contribution in [1.29, 1.82) is 0 Å². The molecule has 0 radical (unpaired) electrons. The number of nitrogens with one attached hydrogen (secondary N) is 2. The minimum absolute atomic E-state index is 0.00610. The number of amides is 3.